The van der Waals surface area contributed by atoms with E-state index in [1.807, 2.05) is 13.8 Å². The molecule has 3 atom stereocenters. The van der Waals surface area contributed by atoms with Gasteiger partial charge in [0.2, 0.25) is 5.91 Å². The highest BCUT2D eigenvalue weighted by Gasteiger charge is 2.19. The first-order valence-electron chi connectivity index (χ1n) is 11.2. The second-order valence-corrected chi connectivity index (χ2v) is 9.07. The van der Waals surface area contributed by atoms with Crippen LogP contribution in [0.3, 0.4) is 0 Å². The van der Waals surface area contributed by atoms with Crippen LogP contribution in [-0.2, 0) is 9.59 Å². The summed E-state index contributed by atoms with van der Waals surface area (Å²) in [7, 11) is 0. The topological polar surface area (TPSA) is 125 Å². The first kappa shape index (κ1) is 30.0. The summed E-state index contributed by atoms with van der Waals surface area (Å²) in [5, 5.41) is 16.8. The van der Waals surface area contributed by atoms with Crippen molar-refractivity contribution in [3.8, 4) is 0 Å². The molecule has 0 bridgehead atoms. The van der Waals surface area contributed by atoms with Crippen LogP contribution in [0.15, 0.2) is 0 Å². The van der Waals surface area contributed by atoms with Crippen LogP contribution in [0, 0.1) is 23.7 Å². The third-order valence-electron chi connectivity index (χ3n) is 5.19. The number of unbranched alkanes of at least 4 members (excludes halogenated alkanes) is 3. The van der Waals surface area contributed by atoms with E-state index in [1.54, 1.807) is 11.0 Å². The summed E-state index contributed by atoms with van der Waals surface area (Å²) in [6, 6.07) is -0.603. The zero-order valence-corrected chi connectivity index (χ0v) is 19.5. The Morgan fingerprint density at radius 1 is 0.690 bits per heavy atom. The van der Waals surface area contributed by atoms with Crippen LogP contribution < -0.4 is 16.7 Å². The largest absolute Gasteiger partial charge is 0.320 e. The molecule has 174 valence electrons. The maximum atomic E-state index is 11.0. The van der Waals surface area contributed by atoms with E-state index in [2.05, 4.69) is 27.7 Å². The fourth-order valence-corrected chi connectivity index (χ4v) is 2.95. The van der Waals surface area contributed by atoms with Gasteiger partial charge >= 0.3 is 0 Å². The van der Waals surface area contributed by atoms with E-state index < -0.39 is 11.9 Å². The molecule has 0 aliphatic heterocycles. The van der Waals surface area contributed by atoms with Crippen molar-refractivity contribution in [1.29, 1.82) is 0 Å². The van der Waals surface area contributed by atoms with Gasteiger partial charge in [0.1, 0.15) is 0 Å². The molecule has 7 heteroatoms. The van der Waals surface area contributed by atoms with Gasteiger partial charge in [-0.15, -0.1) is 0 Å². The predicted molar refractivity (Wildman–Crippen MR) is 117 cm³/mol. The van der Waals surface area contributed by atoms with E-state index in [1.165, 1.54) is 32.1 Å². The number of amides is 2. The molecule has 0 radical (unpaired) electrons. The van der Waals surface area contributed by atoms with Crippen LogP contribution in [-0.4, -0.2) is 28.3 Å². The molecule has 0 rings (SSSR count). The van der Waals surface area contributed by atoms with Crippen molar-refractivity contribution in [2.24, 2.45) is 29.4 Å². The molecule has 0 saturated heterocycles. The minimum Gasteiger partial charge on any atom is -0.320 e. The van der Waals surface area contributed by atoms with Gasteiger partial charge in [-0.1, -0.05) is 86.5 Å². The minimum absolute atomic E-state index is 0.0703. The lowest BCUT2D eigenvalue weighted by Crippen LogP contribution is -2.43. The smallest absolute Gasteiger partial charge is 0.260 e. The number of nitrogens with two attached hydrogens (primary N) is 1. The number of nitrogens with one attached hydrogen (secondary N) is 2. The molecule has 6 N–H and O–H groups in total. The monoisotopic (exact) mass is 417 g/mol. The third kappa shape index (κ3) is 18.6. The van der Waals surface area contributed by atoms with Gasteiger partial charge in [0, 0.05) is 5.92 Å². The summed E-state index contributed by atoms with van der Waals surface area (Å²) >= 11 is 0. The molecule has 0 fully saturated rings. The Kier molecular flexibility index (Phi) is 19.5. The Labute approximate surface area is 178 Å². The van der Waals surface area contributed by atoms with E-state index >= 15 is 0 Å². The number of carbonyl (C=O) groups is 2. The number of rotatable bonds is 14. The van der Waals surface area contributed by atoms with Crippen LogP contribution >= 0.6 is 0 Å². The van der Waals surface area contributed by atoms with Crippen LogP contribution in [0.4, 0.5) is 0 Å². The summed E-state index contributed by atoms with van der Waals surface area (Å²) in [6.07, 6.45) is 10.0. The second kappa shape index (κ2) is 18.8. The molecule has 2 amide bonds. The first-order chi connectivity index (χ1) is 13.6. The molecule has 0 aromatic carbocycles. The van der Waals surface area contributed by atoms with Gasteiger partial charge in [-0.05, 0) is 30.6 Å². The highest BCUT2D eigenvalue weighted by molar-refractivity contribution is 5.80. The lowest BCUT2D eigenvalue weighted by atomic mass is 9.94. The van der Waals surface area contributed by atoms with Crippen LogP contribution in [0.1, 0.15) is 99.3 Å². The first-order valence-corrected chi connectivity index (χ1v) is 11.2. The average molecular weight is 418 g/mol. The van der Waals surface area contributed by atoms with Crippen molar-refractivity contribution in [2.75, 3.05) is 0 Å². The number of hydrogen-bond donors (Lipinski definition) is 5. The number of hydroxylamine groups is 2. The van der Waals surface area contributed by atoms with Gasteiger partial charge in [-0.3, -0.25) is 20.0 Å². The number of carbonyl (C=O) groups excluding carboxylic acids is 2. The molecule has 0 spiro atoms. The predicted octanol–water partition coefficient (Wildman–Crippen LogP) is 4.41. The molecule has 0 aliphatic rings. The zero-order chi connectivity index (χ0) is 22.8. The quantitative estimate of drug-likeness (QED) is 0.163. The molecule has 0 aliphatic carbocycles. The Balaban J connectivity index is 0. The Morgan fingerprint density at radius 3 is 1.55 bits per heavy atom. The molecular formula is C22H47N3O4. The van der Waals surface area contributed by atoms with Gasteiger partial charge in [-0.25, -0.2) is 11.0 Å². The third-order valence-corrected chi connectivity index (χ3v) is 5.19. The van der Waals surface area contributed by atoms with Crippen molar-refractivity contribution < 1.29 is 20.0 Å². The number of hydrogen-bond acceptors (Lipinski definition) is 5. The maximum Gasteiger partial charge on any atom is 0.260 e. The van der Waals surface area contributed by atoms with Crippen LogP contribution in [0.25, 0.3) is 0 Å². The molecular weight excluding hydrogens is 370 g/mol. The van der Waals surface area contributed by atoms with E-state index in [-0.39, 0.29) is 17.7 Å². The SMILES string of the molecule is CC(C)CCCCC(C)C(N)C(=O)NO.CC(C)CCCCCC(C)C(=O)NO. The van der Waals surface area contributed by atoms with Crippen LogP contribution in [0.5, 0.6) is 0 Å². The van der Waals surface area contributed by atoms with Crippen LogP contribution in [0.2, 0.25) is 0 Å². The summed E-state index contributed by atoms with van der Waals surface area (Å²) in [5.41, 5.74) is 8.92. The van der Waals surface area contributed by atoms with E-state index in [9.17, 15) is 9.59 Å². The van der Waals surface area contributed by atoms with Gasteiger partial charge in [-0.2, -0.15) is 0 Å². The van der Waals surface area contributed by atoms with E-state index in [4.69, 9.17) is 16.1 Å². The average Bonchev–Trinajstić information content (AvgIpc) is 2.68. The molecule has 3 unspecified atom stereocenters. The highest BCUT2D eigenvalue weighted by atomic mass is 16.5. The lowest BCUT2D eigenvalue weighted by molar-refractivity contribution is -0.133. The Bertz CT molecular complexity index is 417. The summed E-state index contributed by atoms with van der Waals surface area (Å²) < 4.78 is 0. The van der Waals surface area contributed by atoms with Gasteiger partial charge < -0.3 is 5.73 Å². The maximum absolute atomic E-state index is 11.0. The lowest BCUT2D eigenvalue weighted by Gasteiger charge is -2.17. The Hall–Kier alpha value is -1.18. The molecule has 0 aromatic rings. The fourth-order valence-electron chi connectivity index (χ4n) is 2.95. The van der Waals surface area contributed by atoms with Crippen molar-refractivity contribution in [3.05, 3.63) is 0 Å². The molecule has 7 nitrogen and oxygen atoms in total. The normalized spacial score (nSPS) is 14.0. The van der Waals surface area contributed by atoms with E-state index in [0.29, 0.717) is 0 Å². The van der Waals surface area contributed by atoms with Gasteiger partial charge in [0.25, 0.3) is 5.91 Å². The second-order valence-electron chi connectivity index (χ2n) is 9.07. The molecule has 0 saturated carbocycles. The summed E-state index contributed by atoms with van der Waals surface area (Å²) in [5.74, 6) is 0.784. The summed E-state index contributed by atoms with van der Waals surface area (Å²) in [6.45, 7) is 12.6. The zero-order valence-electron chi connectivity index (χ0n) is 19.5. The fraction of sp³-hybridized carbons (Fsp3) is 0.909. The summed E-state index contributed by atoms with van der Waals surface area (Å²) in [4.78, 5) is 21.9. The van der Waals surface area contributed by atoms with Crippen molar-refractivity contribution in [1.82, 2.24) is 11.0 Å². The van der Waals surface area contributed by atoms with Crippen molar-refractivity contribution >= 4 is 11.8 Å². The highest BCUT2D eigenvalue weighted by Crippen LogP contribution is 2.15. The van der Waals surface area contributed by atoms with E-state index in [0.717, 1.165) is 37.5 Å². The minimum atomic E-state index is -0.603. The molecule has 0 heterocycles. The van der Waals surface area contributed by atoms with Gasteiger partial charge in [0.05, 0.1) is 6.04 Å². The van der Waals surface area contributed by atoms with Crippen molar-refractivity contribution in [2.45, 2.75) is 105 Å². The van der Waals surface area contributed by atoms with Gasteiger partial charge in [0.15, 0.2) is 0 Å². The molecule has 0 aromatic heterocycles. The van der Waals surface area contributed by atoms with Crippen molar-refractivity contribution in [3.63, 3.8) is 0 Å². The standard InChI is InChI=1S/C11H24N2O2.C11H23NO2/c1-8(2)6-4-5-7-9(3)10(12)11(14)13-15;1-9(2)7-5-4-6-8-10(3)11(13)12-14/h8-10,15H,4-7,12H2,1-3H3,(H,13,14);9-10,14H,4-8H2,1-3H3,(H,12,13). The Morgan fingerprint density at radius 2 is 1.10 bits per heavy atom. The molecule has 29 heavy (non-hydrogen) atoms.